The third-order valence-corrected chi connectivity index (χ3v) is 2.84. The van der Waals surface area contributed by atoms with Crippen LogP contribution in [0.1, 0.15) is 13.8 Å². The lowest BCUT2D eigenvalue weighted by Gasteiger charge is -2.21. The van der Waals surface area contributed by atoms with Crippen molar-refractivity contribution < 1.29 is 28.5 Å². The summed E-state index contributed by atoms with van der Waals surface area (Å²) in [5.41, 5.74) is 0. The molecule has 1 saturated heterocycles. The lowest BCUT2D eigenvalue weighted by atomic mass is 10.2. The number of hydrogen-bond donors (Lipinski definition) is 0. The highest BCUT2D eigenvalue weighted by Gasteiger charge is 2.47. The van der Waals surface area contributed by atoms with Crippen molar-refractivity contribution in [3.8, 4) is 0 Å². The lowest BCUT2D eigenvalue weighted by molar-refractivity contribution is -0.163. The summed E-state index contributed by atoms with van der Waals surface area (Å²) in [5, 5.41) is 0. The van der Waals surface area contributed by atoms with Crippen LogP contribution < -0.4 is 0 Å². The van der Waals surface area contributed by atoms with Gasteiger partial charge >= 0.3 is 5.97 Å². The first kappa shape index (κ1) is 13.9. The van der Waals surface area contributed by atoms with Gasteiger partial charge in [-0.1, -0.05) is 12.7 Å². The van der Waals surface area contributed by atoms with Crippen LogP contribution in [0.5, 0.6) is 0 Å². The zero-order chi connectivity index (χ0) is 14.0. The second-order valence-electron chi connectivity index (χ2n) is 4.69. The molecule has 19 heavy (non-hydrogen) atoms. The van der Waals surface area contributed by atoms with Gasteiger partial charge in [-0.25, -0.2) is 4.79 Å². The average Bonchev–Trinajstić information content (AvgIpc) is 2.86. The van der Waals surface area contributed by atoms with Crippen molar-refractivity contribution in [2.24, 2.45) is 0 Å². The molecule has 0 saturated carbocycles. The van der Waals surface area contributed by atoms with Crippen LogP contribution in [0.25, 0.3) is 0 Å². The summed E-state index contributed by atoms with van der Waals surface area (Å²) in [4.78, 5) is 11.8. The molecule has 2 atom stereocenters. The summed E-state index contributed by atoms with van der Waals surface area (Å²) in [6.07, 6.45) is 0.497. The summed E-state index contributed by atoms with van der Waals surface area (Å²) in [6.45, 7) is 7.66. The number of carbonyl (C=O) groups excluding carboxylic acids is 1. The number of cyclic esters (lactones) is 1. The monoisotopic (exact) mass is 270 g/mol. The van der Waals surface area contributed by atoms with Gasteiger partial charge in [0.25, 0.3) is 0 Å². The summed E-state index contributed by atoms with van der Waals surface area (Å²) in [7, 11) is 1.46. The van der Waals surface area contributed by atoms with Crippen LogP contribution in [0, 0.1) is 0 Å². The molecule has 2 heterocycles. The van der Waals surface area contributed by atoms with Gasteiger partial charge < -0.3 is 23.7 Å². The van der Waals surface area contributed by atoms with E-state index in [1.165, 1.54) is 7.11 Å². The highest BCUT2D eigenvalue weighted by atomic mass is 16.8. The van der Waals surface area contributed by atoms with Crippen LogP contribution in [-0.4, -0.2) is 44.3 Å². The maximum Gasteiger partial charge on any atom is 0.378 e. The second kappa shape index (κ2) is 5.22. The molecule has 0 aromatic carbocycles. The van der Waals surface area contributed by atoms with Crippen molar-refractivity contribution in [2.45, 2.75) is 31.8 Å². The zero-order valence-electron chi connectivity index (χ0n) is 11.3. The van der Waals surface area contributed by atoms with Gasteiger partial charge in [0.1, 0.15) is 12.7 Å². The third-order valence-electron chi connectivity index (χ3n) is 2.84. The fourth-order valence-corrected chi connectivity index (χ4v) is 2.04. The van der Waals surface area contributed by atoms with Crippen LogP contribution in [0.3, 0.4) is 0 Å². The Morgan fingerprint density at radius 2 is 2.26 bits per heavy atom. The van der Waals surface area contributed by atoms with E-state index in [0.29, 0.717) is 12.4 Å². The lowest BCUT2D eigenvalue weighted by Crippen LogP contribution is -2.33. The minimum Gasteiger partial charge on any atom is -0.493 e. The van der Waals surface area contributed by atoms with E-state index in [9.17, 15) is 4.79 Å². The van der Waals surface area contributed by atoms with Gasteiger partial charge in [0.15, 0.2) is 17.7 Å². The first-order valence-electron chi connectivity index (χ1n) is 6.03. The Hall–Kier alpha value is -1.53. The highest BCUT2D eigenvalue weighted by molar-refractivity contribution is 5.89. The van der Waals surface area contributed by atoms with Gasteiger partial charge in [0.2, 0.25) is 5.76 Å². The summed E-state index contributed by atoms with van der Waals surface area (Å²) >= 11 is 0. The van der Waals surface area contributed by atoms with Gasteiger partial charge in [-0.2, -0.15) is 0 Å². The number of hydrogen-bond acceptors (Lipinski definition) is 6. The first-order valence-corrected chi connectivity index (χ1v) is 6.03. The number of methoxy groups -OCH3 is 1. The van der Waals surface area contributed by atoms with Crippen LogP contribution in [0.2, 0.25) is 0 Å². The molecule has 1 fully saturated rings. The molecule has 0 amide bonds. The van der Waals surface area contributed by atoms with E-state index in [1.54, 1.807) is 19.9 Å². The minimum absolute atomic E-state index is 0.0701. The van der Waals surface area contributed by atoms with Gasteiger partial charge in [-0.05, 0) is 13.8 Å². The average molecular weight is 270 g/mol. The molecule has 0 aliphatic carbocycles. The SMILES string of the molecule is C=CCOC1=C(OC)[C@@H]([C@@H]2COC(C)(C)O2)OC1=O. The number of carbonyl (C=O) groups is 1. The van der Waals surface area contributed by atoms with Crippen molar-refractivity contribution in [3.63, 3.8) is 0 Å². The molecule has 2 aliphatic heterocycles. The molecule has 6 nitrogen and oxygen atoms in total. The van der Waals surface area contributed by atoms with Crippen LogP contribution in [0.4, 0.5) is 0 Å². The Bertz CT molecular complexity index is 411. The molecule has 0 aromatic heterocycles. The molecule has 0 bridgehead atoms. The summed E-state index contributed by atoms with van der Waals surface area (Å²) in [5.74, 6) is -0.850. The number of ether oxygens (including phenoxy) is 5. The Morgan fingerprint density at radius 3 is 2.79 bits per heavy atom. The van der Waals surface area contributed by atoms with Gasteiger partial charge in [0, 0.05) is 0 Å². The number of rotatable bonds is 5. The maximum atomic E-state index is 11.8. The molecule has 6 heteroatoms. The molecular formula is C13H18O6. The molecule has 0 unspecified atom stereocenters. The fourth-order valence-electron chi connectivity index (χ4n) is 2.04. The van der Waals surface area contributed by atoms with Crippen molar-refractivity contribution in [1.29, 1.82) is 0 Å². The van der Waals surface area contributed by atoms with E-state index in [1.807, 2.05) is 0 Å². The normalized spacial score (nSPS) is 29.3. The van der Waals surface area contributed by atoms with E-state index >= 15 is 0 Å². The van der Waals surface area contributed by atoms with Crippen LogP contribution in [-0.2, 0) is 28.5 Å². The number of esters is 1. The van der Waals surface area contributed by atoms with E-state index in [4.69, 9.17) is 23.7 Å². The predicted octanol–water partition coefficient (Wildman–Crippen LogP) is 1.12. The van der Waals surface area contributed by atoms with E-state index < -0.39 is 24.0 Å². The summed E-state index contributed by atoms with van der Waals surface area (Å²) < 4.78 is 26.9. The quantitative estimate of drug-likeness (QED) is 0.551. The molecule has 2 rings (SSSR count). The van der Waals surface area contributed by atoms with Crippen LogP contribution >= 0.6 is 0 Å². The molecule has 0 aromatic rings. The molecule has 0 N–H and O–H groups in total. The van der Waals surface area contributed by atoms with Crippen molar-refractivity contribution >= 4 is 5.97 Å². The van der Waals surface area contributed by atoms with Crippen molar-refractivity contribution in [3.05, 3.63) is 24.2 Å². The van der Waals surface area contributed by atoms with Crippen molar-refractivity contribution in [1.82, 2.24) is 0 Å². The smallest absolute Gasteiger partial charge is 0.378 e. The first-order chi connectivity index (χ1) is 8.98. The molecule has 2 aliphatic rings. The Morgan fingerprint density at radius 1 is 1.53 bits per heavy atom. The van der Waals surface area contributed by atoms with E-state index in [-0.39, 0.29) is 12.4 Å². The topological polar surface area (TPSA) is 63.2 Å². The standard InChI is InChI=1S/C13H18O6/c1-5-6-16-11-10(15-4)9(18-12(11)14)8-7-17-13(2,3)19-8/h5,8-9H,1,6-7H2,2-4H3/t8-,9+/m0/s1. The molecular weight excluding hydrogens is 252 g/mol. The third kappa shape index (κ3) is 2.74. The van der Waals surface area contributed by atoms with Gasteiger partial charge in [0.05, 0.1) is 13.7 Å². The zero-order valence-corrected chi connectivity index (χ0v) is 11.3. The van der Waals surface area contributed by atoms with Crippen LogP contribution in [0.15, 0.2) is 24.2 Å². The van der Waals surface area contributed by atoms with Gasteiger partial charge in [-0.3, -0.25) is 0 Å². The maximum absolute atomic E-state index is 11.8. The Balaban J connectivity index is 2.16. The van der Waals surface area contributed by atoms with E-state index in [0.717, 1.165) is 0 Å². The Kier molecular flexibility index (Phi) is 3.82. The van der Waals surface area contributed by atoms with Gasteiger partial charge in [-0.15, -0.1) is 0 Å². The second-order valence-corrected chi connectivity index (χ2v) is 4.69. The molecule has 106 valence electrons. The largest absolute Gasteiger partial charge is 0.493 e. The van der Waals surface area contributed by atoms with E-state index in [2.05, 4.69) is 6.58 Å². The van der Waals surface area contributed by atoms with Crippen molar-refractivity contribution in [2.75, 3.05) is 20.3 Å². The predicted molar refractivity (Wildman–Crippen MR) is 65.0 cm³/mol. The Labute approximate surface area is 111 Å². The molecule has 0 spiro atoms. The molecule has 0 radical (unpaired) electrons. The fraction of sp³-hybridized carbons (Fsp3) is 0.615. The highest BCUT2D eigenvalue weighted by Crippen LogP contribution is 2.33. The minimum atomic E-state index is -0.694. The summed E-state index contributed by atoms with van der Waals surface area (Å²) in [6, 6.07) is 0.